The van der Waals surface area contributed by atoms with Gasteiger partial charge >= 0.3 is 0 Å². The van der Waals surface area contributed by atoms with Crippen molar-refractivity contribution >= 4 is 15.8 Å². The maximum Gasteiger partial charge on any atom is 0.244 e. The number of anilines is 1. The average molecular weight is 299 g/mol. The van der Waals surface area contributed by atoms with E-state index in [1.807, 2.05) is 0 Å². The molecule has 0 spiro atoms. The molecule has 0 amide bonds. The Bertz CT molecular complexity index is 530. The zero-order chi connectivity index (χ0) is 14.6. The van der Waals surface area contributed by atoms with Crippen molar-refractivity contribution in [3.8, 4) is 0 Å². The first-order chi connectivity index (χ1) is 9.59. The maximum atomic E-state index is 12.7. The number of hydrogen-bond acceptors (Lipinski definition) is 5. The Balaban J connectivity index is 2.30. The Morgan fingerprint density at radius 1 is 1.40 bits per heavy atom. The molecule has 1 atom stereocenters. The Morgan fingerprint density at radius 3 is 2.80 bits per heavy atom. The van der Waals surface area contributed by atoms with Gasteiger partial charge in [-0.1, -0.05) is 12.8 Å². The number of pyridine rings is 1. The number of rotatable bonds is 4. The third-order valence-electron chi connectivity index (χ3n) is 3.63. The predicted molar refractivity (Wildman–Crippen MR) is 77.0 cm³/mol. The summed E-state index contributed by atoms with van der Waals surface area (Å²) in [6.07, 6.45) is 4.85. The summed E-state index contributed by atoms with van der Waals surface area (Å²) in [5.41, 5.74) is 0. The number of nitrogens with one attached hydrogen (secondary N) is 1. The molecule has 7 heteroatoms. The minimum Gasteiger partial charge on any atom is -0.395 e. The summed E-state index contributed by atoms with van der Waals surface area (Å²) in [6, 6.07) is 2.86. The number of sulfonamides is 1. The van der Waals surface area contributed by atoms with Crippen LogP contribution in [0.25, 0.3) is 0 Å². The quantitative estimate of drug-likeness (QED) is 0.868. The lowest BCUT2D eigenvalue weighted by atomic mass is 10.1. The van der Waals surface area contributed by atoms with E-state index in [-0.39, 0.29) is 17.5 Å². The van der Waals surface area contributed by atoms with Crippen molar-refractivity contribution < 1.29 is 13.5 Å². The van der Waals surface area contributed by atoms with Crippen molar-refractivity contribution in [2.45, 2.75) is 36.6 Å². The highest BCUT2D eigenvalue weighted by Gasteiger charge is 2.32. The highest BCUT2D eigenvalue weighted by atomic mass is 32.2. The second-order valence-electron chi connectivity index (χ2n) is 4.93. The van der Waals surface area contributed by atoms with Gasteiger partial charge in [-0.2, -0.15) is 4.31 Å². The molecule has 0 saturated carbocycles. The van der Waals surface area contributed by atoms with E-state index in [2.05, 4.69) is 10.3 Å². The molecular weight excluding hydrogens is 278 g/mol. The zero-order valence-electron chi connectivity index (χ0n) is 11.6. The van der Waals surface area contributed by atoms with E-state index in [0.717, 1.165) is 19.3 Å². The fourth-order valence-corrected chi connectivity index (χ4v) is 4.10. The second-order valence-corrected chi connectivity index (χ2v) is 6.82. The van der Waals surface area contributed by atoms with Crippen LogP contribution in [0.2, 0.25) is 0 Å². The molecule has 2 N–H and O–H groups in total. The summed E-state index contributed by atoms with van der Waals surface area (Å²) in [5.74, 6) is 0.624. The zero-order valence-corrected chi connectivity index (χ0v) is 12.4. The van der Waals surface area contributed by atoms with Crippen molar-refractivity contribution in [2.24, 2.45) is 0 Å². The topological polar surface area (TPSA) is 82.5 Å². The van der Waals surface area contributed by atoms with Crippen LogP contribution >= 0.6 is 0 Å². The molecule has 1 aliphatic rings. The van der Waals surface area contributed by atoms with Crippen LogP contribution in [0.4, 0.5) is 5.82 Å². The highest BCUT2D eigenvalue weighted by Crippen LogP contribution is 2.24. The van der Waals surface area contributed by atoms with E-state index in [9.17, 15) is 13.5 Å². The Kier molecular flexibility index (Phi) is 4.95. The first-order valence-electron chi connectivity index (χ1n) is 6.86. The summed E-state index contributed by atoms with van der Waals surface area (Å²) in [5, 5.41) is 12.3. The van der Waals surface area contributed by atoms with Crippen LogP contribution in [0, 0.1) is 0 Å². The van der Waals surface area contributed by atoms with E-state index >= 15 is 0 Å². The normalized spacial score (nSPS) is 21.4. The van der Waals surface area contributed by atoms with Crippen molar-refractivity contribution in [2.75, 3.05) is 25.5 Å². The summed E-state index contributed by atoms with van der Waals surface area (Å²) >= 11 is 0. The van der Waals surface area contributed by atoms with Gasteiger partial charge in [0.1, 0.15) is 10.7 Å². The van der Waals surface area contributed by atoms with Gasteiger partial charge in [0.15, 0.2) is 0 Å². The smallest absolute Gasteiger partial charge is 0.244 e. The standard InChI is InChI=1S/C13H21N3O3S/c1-14-13-7-6-12(9-15-13)20(18,19)16-8-4-2-3-5-11(16)10-17/h6-7,9,11,17H,2-5,8,10H2,1H3,(H,14,15). The molecule has 0 aliphatic carbocycles. The second kappa shape index (κ2) is 6.51. The van der Waals surface area contributed by atoms with Crippen LogP contribution in [0.15, 0.2) is 23.2 Å². The molecule has 1 unspecified atom stereocenters. The van der Waals surface area contributed by atoms with Gasteiger partial charge in [0.2, 0.25) is 10.0 Å². The molecule has 1 aliphatic heterocycles. The van der Waals surface area contributed by atoms with E-state index < -0.39 is 10.0 Å². The van der Waals surface area contributed by atoms with E-state index in [1.54, 1.807) is 19.2 Å². The van der Waals surface area contributed by atoms with Crippen LogP contribution in [0.5, 0.6) is 0 Å². The molecule has 0 aromatic carbocycles. The lowest BCUT2D eigenvalue weighted by Crippen LogP contribution is -2.42. The van der Waals surface area contributed by atoms with Gasteiger partial charge in [0.05, 0.1) is 6.61 Å². The van der Waals surface area contributed by atoms with Crippen molar-refractivity contribution in [3.63, 3.8) is 0 Å². The van der Waals surface area contributed by atoms with Crippen molar-refractivity contribution in [3.05, 3.63) is 18.3 Å². The number of nitrogens with zero attached hydrogens (tertiary/aromatic N) is 2. The van der Waals surface area contributed by atoms with Gasteiger partial charge < -0.3 is 10.4 Å². The Labute approximate surface area is 119 Å². The van der Waals surface area contributed by atoms with Gasteiger partial charge in [-0.25, -0.2) is 13.4 Å². The molecule has 112 valence electrons. The minimum absolute atomic E-state index is 0.138. The average Bonchev–Trinajstić information content (AvgIpc) is 2.73. The van der Waals surface area contributed by atoms with Gasteiger partial charge in [-0.05, 0) is 25.0 Å². The number of aliphatic hydroxyl groups excluding tert-OH is 1. The van der Waals surface area contributed by atoms with Crippen LogP contribution < -0.4 is 5.32 Å². The fourth-order valence-electron chi connectivity index (χ4n) is 2.47. The lowest BCUT2D eigenvalue weighted by molar-refractivity contribution is 0.186. The van der Waals surface area contributed by atoms with Gasteiger partial charge in [-0.3, -0.25) is 0 Å². The fraction of sp³-hybridized carbons (Fsp3) is 0.615. The summed E-state index contributed by atoms with van der Waals surface area (Å²) in [4.78, 5) is 4.23. The molecule has 0 radical (unpaired) electrons. The summed E-state index contributed by atoms with van der Waals surface area (Å²) < 4.78 is 26.8. The van der Waals surface area contributed by atoms with Crippen LogP contribution in [0.1, 0.15) is 25.7 Å². The number of aromatic nitrogens is 1. The summed E-state index contributed by atoms with van der Waals surface area (Å²) in [7, 11) is -1.86. The highest BCUT2D eigenvalue weighted by molar-refractivity contribution is 7.89. The third kappa shape index (κ3) is 3.11. The largest absolute Gasteiger partial charge is 0.395 e. The molecule has 6 nitrogen and oxygen atoms in total. The molecule has 1 saturated heterocycles. The Morgan fingerprint density at radius 2 is 2.20 bits per heavy atom. The molecule has 1 aromatic heterocycles. The molecule has 1 fully saturated rings. The minimum atomic E-state index is -3.59. The predicted octanol–water partition coefficient (Wildman–Crippen LogP) is 1.05. The van der Waals surface area contributed by atoms with Gasteiger partial charge in [0.25, 0.3) is 0 Å². The third-order valence-corrected chi connectivity index (χ3v) is 5.57. The van der Waals surface area contributed by atoms with Crippen LogP contribution in [0.3, 0.4) is 0 Å². The van der Waals surface area contributed by atoms with Crippen LogP contribution in [-0.4, -0.2) is 49.1 Å². The molecular formula is C13H21N3O3S. The van der Waals surface area contributed by atoms with Gasteiger partial charge in [-0.15, -0.1) is 0 Å². The van der Waals surface area contributed by atoms with Crippen molar-refractivity contribution in [1.29, 1.82) is 0 Å². The molecule has 0 bridgehead atoms. The van der Waals surface area contributed by atoms with E-state index in [4.69, 9.17) is 0 Å². The van der Waals surface area contributed by atoms with Gasteiger partial charge in [0, 0.05) is 25.8 Å². The van der Waals surface area contributed by atoms with E-state index in [1.165, 1.54) is 10.5 Å². The van der Waals surface area contributed by atoms with E-state index in [0.29, 0.717) is 18.8 Å². The molecule has 20 heavy (non-hydrogen) atoms. The van der Waals surface area contributed by atoms with Crippen LogP contribution in [-0.2, 0) is 10.0 Å². The number of aliphatic hydroxyl groups is 1. The molecule has 1 aromatic rings. The molecule has 2 rings (SSSR count). The maximum absolute atomic E-state index is 12.7. The number of hydrogen-bond donors (Lipinski definition) is 2. The monoisotopic (exact) mass is 299 g/mol. The lowest BCUT2D eigenvalue weighted by Gasteiger charge is -2.27. The van der Waals surface area contributed by atoms with Crippen molar-refractivity contribution in [1.82, 2.24) is 9.29 Å². The Hall–Kier alpha value is -1.18. The summed E-state index contributed by atoms with van der Waals surface area (Å²) in [6.45, 7) is 0.322. The first-order valence-corrected chi connectivity index (χ1v) is 8.30. The molecule has 2 heterocycles. The first kappa shape index (κ1) is 15.2. The SMILES string of the molecule is CNc1ccc(S(=O)(=O)N2CCCCCC2CO)cn1.